The highest BCUT2D eigenvalue weighted by molar-refractivity contribution is 5.74. The Balaban J connectivity index is 2.59. The highest BCUT2D eigenvalue weighted by atomic mass is 15.4. The number of hydrogen-bond donors (Lipinski definition) is 2. The minimum Gasteiger partial charge on any atom is -0.398 e. The van der Waals surface area contributed by atoms with Crippen LogP contribution < -0.4 is 11.5 Å². The predicted octanol–water partition coefficient (Wildman–Crippen LogP) is 0.955. The summed E-state index contributed by atoms with van der Waals surface area (Å²) in [4.78, 5) is 4.13. The summed E-state index contributed by atoms with van der Waals surface area (Å²) < 4.78 is 1.52. The van der Waals surface area contributed by atoms with Gasteiger partial charge >= 0.3 is 0 Å². The van der Waals surface area contributed by atoms with Crippen LogP contribution in [0.2, 0.25) is 0 Å². The van der Waals surface area contributed by atoms with Crippen LogP contribution in [0, 0.1) is 6.92 Å². The van der Waals surface area contributed by atoms with Gasteiger partial charge in [-0.05, 0) is 18.6 Å². The topological polar surface area (TPSA) is 82.8 Å². The molecule has 0 fully saturated rings. The summed E-state index contributed by atoms with van der Waals surface area (Å²) in [7, 11) is 1.75. The van der Waals surface area contributed by atoms with Crippen molar-refractivity contribution in [2.24, 2.45) is 7.05 Å². The Hall–Kier alpha value is -2.04. The van der Waals surface area contributed by atoms with Gasteiger partial charge in [-0.25, -0.2) is 4.68 Å². The number of aromatic nitrogens is 3. The monoisotopic (exact) mass is 203 g/mol. The first-order chi connectivity index (χ1) is 7.09. The number of hydrogen-bond acceptors (Lipinski definition) is 4. The standard InChI is InChI=1S/C10H13N5/c1-6-4-3-5-7(8(6)11)9-13-10(12)15(2)14-9/h3-5H,11H2,1-2H3,(H2,12,13,14). The Morgan fingerprint density at radius 3 is 2.60 bits per heavy atom. The van der Waals surface area contributed by atoms with Crippen LogP contribution in [0.3, 0.4) is 0 Å². The van der Waals surface area contributed by atoms with Crippen molar-refractivity contribution in [2.75, 3.05) is 11.5 Å². The number of nitrogens with zero attached hydrogens (tertiary/aromatic N) is 3. The first-order valence-corrected chi connectivity index (χ1v) is 4.61. The molecule has 78 valence electrons. The number of anilines is 2. The first-order valence-electron chi connectivity index (χ1n) is 4.61. The second-order valence-corrected chi connectivity index (χ2v) is 3.45. The van der Waals surface area contributed by atoms with E-state index < -0.39 is 0 Å². The van der Waals surface area contributed by atoms with Gasteiger partial charge in [-0.1, -0.05) is 12.1 Å². The van der Waals surface area contributed by atoms with E-state index in [1.807, 2.05) is 25.1 Å². The van der Waals surface area contributed by atoms with E-state index >= 15 is 0 Å². The molecule has 1 heterocycles. The van der Waals surface area contributed by atoms with E-state index in [2.05, 4.69) is 10.1 Å². The molecule has 0 unspecified atom stereocenters. The molecule has 0 atom stereocenters. The molecule has 15 heavy (non-hydrogen) atoms. The number of nitrogen functional groups attached to an aromatic ring is 2. The molecule has 0 radical (unpaired) electrons. The molecule has 0 bridgehead atoms. The van der Waals surface area contributed by atoms with E-state index in [1.54, 1.807) is 7.05 Å². The minimum atomic E-state index is 0.380. The van der Waals surface area contributed by atoms with E-state index in [-0.39, 0.29) is 0 Å². The smallest absolute Gasteiger partial charge is 0.218 e. The lowest BCUT2D eigenvalue weighted by molar-refractivity contribution is 0.781. The van der Waals surface area contributed by atoms with Gasteiger partial charge < -0.3 is 11.5 Å². The molecule has 1 aromatic carbocycles. The lowest BCUT2D eigenvalue weighted by Gasteiger charge is -2.03. The normalized spacial score (nSPS) is 10.5. The van der Waals surface area contributed by atoms with Crippen LogP contribution in [-0.4, -0.2) is 14.8 Å². The number of rotatable bonds is 1. The maximum Gasteiger partial charge on any atom is 0.218 e. The summed E-state index contributed by atoms with van der Waals surface area (Å²) in [5, 5.41) is 4.18. The van der Waals surface area contributed by atoms with Crippen molar-refractivity contribution in [1.82, 2.24) is 14.8 Å². The summed E-state index contributed by atoms with van der Waals surface area (Å²) in [5.41, 5.74) is 14.1. The predicted molar refractivity (Wildman–Crippen MR) is 60.0 cm³/mol. The lowest BCUT2D eigenvalue weighted by Crippen LogP contribution is -1.97. The Kier molecular flexibility index (Phi) is 2.07. The molecule has 0 saturated heterocycles. The molecule has 5 heteroatoms. The zero-order chi connectivity index (χ0) is 11.0. The second-order valence-electron chi connectivity index (χ2n) is 3.45. The van der Waals surface area contributed by atoms with Crippen LogP contribution >= 0.6 is 0 Å². The fraction of sp³-hybridized carbons (Fsp3) is 0.200. The second kappa shape index (κ2) is 3.27. The number of para-hydroxylation sites is 1. The quantitative estimate of drug-likeness (QED) is 0.676. The van der Waals surface area contributed by atoms with Crippen molar-refractivity contribution in [3.63, 3.8) is 0 Å². The van der Waals surface area contributed by atoms with Crippen molar-refractivity contribution < 1.29 is 0 Å². The fourth-order valence-corrected chi connectivity index (χ4v) is 1.39. The molecule has 4 N–H and O–H groups in total. The SMILES string of the molecule is Cc1cccc(-c2nc(N)n(C)n2)c1N. The summed E-state index contributed by atoms with van der Waals surface area (Å²) in [6, 6.07) is 5.76. The van der Waals surface area contributed by atoms with E-state index in [4.69, 9.17) is 11.5 Å². The van der Waals surface area contributed by atoms with E-state index in [0.717, 1.165) is 11.1 Å². The molecular formula is C10H13N5. The molecule has 0 aliphatic rings. The van der Waals surface area contributed by atoms with Crippen LogP contribution in [0.5, 0.6) is 0 Å². The number of benzene rings is 1. The molecular weight excluding hydrogens is 190 g/mol. The van der Waals surface area contributed by atoms with Gasteiger partial charge in [-0.15, -0.1) is 5.10 Å². The first kappa shape index (κ1) is 9.51. The summed E-state index contributed by atoms with van der Waals surface area (Å²) in [5.74, 6) is 0.946. The van der Waals surface area contributed by atoms with Crippen LogP contribution in [0.1, 0.15) is 5.56 Å². The molecule has 0 saturated carbocycles. The van der Waals surface area contributed by atoms with Gasteiger partial charge in [0.2, 0.25) is 5.95 Å². The van der Waals surface area contributed by atoms with Crippen LogP contribution in [0.15, 0.2) is 18.2 Å². The van der Waals surface area contributed by atoms with Gasteiger partial charge in [0.05, 0.1) is 0 Å². The molecule has 1 aromatic heterocycles. The van der Waals surface area contributed by atoms with Gasteiger partial charge in [-0.3, -0.25) is 0 Å². The van der Waals surface area contributed by atoms with Crippen LogP contribution in [0.25, 0.3) is 11.4 Å². The molecule has 2 aromatic rings. The largest absolute Gasteiger partial charge is 0.398 e. The third kappa shape index (κ3) is 1.52. The molecule has 2 rings (SSSR count). The van der Waals surface area contributed by atoms with Gasteiger partial charge in [0.1, 0.15) is 0 Å². The molecule has 5 nitrogen and oxygen atoms in total. The Morgan fingerprint density at radius 2 is 2.00 bits per heavy atom. The average Bonchev–Trinajstić information content (AvgIpc) is 2.51. The van der Waals surface area contributed by atoms with Crippen molar-refractivity contribution in [1.29, 1.82) is 0 Å². The third-order valence-electron chi connectivity index (χ3n) is 2.36. The van der Waals surface area contributed by atoms with Crippen molar-refractivity contribution >= 4 is 11.6 Å². The molecule has 0 aliphatic carbocycles. The Bertz CT molecular complexity index is 481. The maximum atomic E-state index is 5.94. The van der Waals surface area contributed by atoms with Crippen molar-refractivity contribution in [3.8, 4) is 11.4 Å². The van der Waals surface area contributed by atoms with E-state index in [0.29, 0.717) is 17.5 Å². The maximum absolute atomic E-state index is 5.94. The van der Waals surface area contributed by atoms with Crippen molar-refractivity contribution in [3.05, 3.63) is 23.8 Å². The summed E-state index contributed by atoms with van der Waals surface area (Å²) in [6.45, 7) is 1.95. The number of aryl methyl sites for hydroxylation is 2. The lowest BCUT2D eigenvalue weighted by atomic mass is 10.1. The molecule has 0 aliphatic heterocycles. The van der Waals surface area contributed by atoms with E-state index in [9.17, 15) is 0 Å². The summed E-state index contributed by atoms with van der Waals surface area (Å²) >= 11 is 0. The van der Waals surface area contributed by atoms with E-state index in [1.165, 1.54) is 4.68 Å². The molecule has 0 amide bonds. The van der Waals surface area contributed by atoms with Crippen LogP contribution in [-0.2, 0) is 7.05 Å². The Morgan fingerprint density at radius 1 is 1.27 bits per heavy atom. The van der Waals surface area contributed by atoms with Crippen LogP contribution in [0.4, 0.5) is 11.6 Å². The van der Waals surface area contributed by atoms with Crippen molar-refractivity contribution in [2.45, 2.75) is 6.92 Å². The summed E-state index contributed by atoms with van der Waals surface area (Å²) in [6.07, 6.45) is 0. The molecule has 0 spiro atoms. The zero-order valence-electron chi connectivity index (χ0n) is 8.73. The van der Waals surface area contributed by atoms with Gasteiger partial charge in [0.15, 0.2) is 5.82 Å². The van der Waals surface area contributed by atoms with Gasteiger partial charge in [0, 0.05) is 18.3 Å². The highest BCUT2D eigenvalue weighted by Crippen LogP contribution is 2.25. The highest BCUT2D eigenvalue weighted by Gasteiger charge is 2.10. The minimum absolute atomic E-state index is 0.380. The third-order valence-corrected chi connectivity index (χ3v) is 2.36. The zero-order valence-corrected chi connectivity index (χ0v) is 8.73. The Labute approximate surface area is 87.7 Å². The average molecular weight is 203 g/mol. The van der Waals surface area contributed by atoms with Gasteiger partial charge in [0.25, 0.3) is 0 Å². The van der Waals surface area contributed by atoms with Gasteiger partial charge in [-0.2, -0.15) is 4.98 Å². The fourth-order valence-electron chi connectivity index (χ4n) is 1.39. The number of nitrogens with two attached hydrogens (primary N) is 2.